The monoisotopic (exact) mass is 550 g/mol. The molecule has 0 unspecified atom stereocenters. The van der Waals surface area contributed by atoms with Gasteiger partial charge in [0.15, 0.2) is 6.61 Å². The second kappa shape index (κ2) is 11.0. The molecule has 1 atom stereocenters. The van der Waals surface area contributed by atoms with Gasteiger partial charge >= 0.3 is 0 Å². The van der Waals surface area contributed by atoms with E-state index in [4.69, 9.17) is 16.3 Å². The fourth-order valence-electron chi connectivity index (χ4n) is 3.18. The number of halogens is 2. The first-order valence-corrected chi connectivity index (χ1v) is 13.1. The van der Waals surface area contributed by atoms with Gasteiger partial charge in [-0.05, 0) is 60.5 Å². The minimum absolute atomic E-state index is 0.106. The van der Waals surface area contributed by atoms with Gasteiger partial charge in [-0.1, -0.05) is 57.9 Å². The molecule has 0 heterocycles. The summed E-state index contributed by atoms with van der Waals surface area (Å²) in [7, 11) is -3.55. The number of hydrogen-bond acceptors (Lipinski definition) is 4. The maximum absolute atomic E-state index is 12.4. The molecule has 33 heavy (non-hydrogen) atoms. The van der Waals surface area contributed by atoms with Gasteiger partial charge < -0.3 is 10.1 Å². The Morgan fingerprint density at radius 3 is 2.42 bits per heavy atom. The van der Waals surface area contributed by atoms with Gasteiger partial charge in [0.1, 0.15) is 5.75 Å². The van der Waals surface area contributed by atoms with Gasteiger partial charge in [-0.3, -0.25) is 9.10 Å². The zero-order valence-corrected chi connectivity index (χ0v) is 21.3. The number of sulfonamides is 1. The van der Waals surface area contributed by atoms with Crippen molar-refractivity contribution in [3.63, 3.8) is 0 Å². The molecular weight excluding hydrogens is 528 g/mol. The Hall–Kier alpha value is -2.55. The van der Waals surface area contributed by atoms with E-state index in [1.165, 1.54) is 4.31 Å². The zero-order valence-electron chi connectivity index (χ0n) is 18.2. The first kappa shape index (κ1) is 25.1. The lowest BCUT2D eigenvalue weighted by Gasteiger charge is -2.23. The quantitative estimate of drug-likeness (QED) is 0.390. The van der Waals surface area contributed by atoms with Crippen molar-refractivity contribution in [2.45, 2.75) is 19.5 Å². The molecule has 0 fully saturated rings. The number of rotatable bonds is 9. The van der Waals surface area contributed by atoms with E-state index in [9.17, 15) is 13.2 Å². The van der Waals surface area contributed by atoms with Gasteiger partial charge in [-0.15, -0.1) is 0 Å². The van der Waals surface area contributed by atoms with Crippen LogP contribution in [0.3, 0.4) is 0 Å². The SMILES string of the molecule is C[C@H](NC(=O)COc1ccc(N(Cc2ccccc2Cl)S(C)(=O)=O)cc1)c1cccc(Br)c1. The average Bonchev–Trinajstić information content (AvgIpc) is 2.77. The molecule has 3 aromatic carbocycles. The summed E-state index contributed by atoms with van der Waals surface area (Å²) in [6, 6.07) is 21.2. The number of anilines is 1. The number of hydrogen-bond donors (Lipinski definition) is 1. The van der Waals surface area contributed by atoms with E-state index in [2.05, 4.69) is 21.2 Å². The largest absolute Gasteiger partial charge is 0.484 e. The van der Waals surface area contributed by atoms with Crippen LogP contribution in [0.25, 0.3) is 0 Å². The van der Waals surface area contributed by atoms with Crippen LogP contribution in [0.4, 0.5) is 5.69 Å². The van der Waals surface area contributed by atoms with E-state index < -0.39 is 10.0 Å². The maximum Gasteiger partial charge on any atom is 0.258 e. The lowest BCUT2D eigenvalue weighted by atomic mass is 10.1. The van der Waals surface area contributed by atoms with E-state index in [1.54, 1.807) is 48.5 Å². The number of amides is 1. The van der Waals surface area contributed by atoms with E-state index in [1.807, 2.05) is 31.2 Å². The van der Waals surface area contributed by atoms with Crippen molar-refractivity contribution in [1.82, 2.24) is 5.32 Å². The molecule has 0 saturated carbocycles. The minimum Gasteiger partial charge on any atom is -0.484 e. The van der Waals surface area contributed by atoms with Crippen molar-refractivity contribution in [1.29, 1.82) is 0 Å². The molecule has 6 nitrogen and oxygen atoms in total. The van der Waals surface area contributed by atoms with Gasteiger partial charge in [0.25, 0.3) is 5.91 Å². The number of carbonyl (C=O) groups is 1. The van der Waals surface area contributed by atoms with Crippen LogP contribution in [0.1, 0.15) is 24.1 Å². The lowest BCUT2D eigenvalue weighted by molar-refractivity contribution is -0.123. The van der Waals surface area contributed by atoms with Crippen molar-refractivity contribution in [2.24, 2.45) is 0 Å². The summed E-state index contributed by atoms with van der Waals surface area (Å²) in [6.07, 6.45) is 1.14. The molecule has 0 aliphatic carbocycles. The van der Waals surface area contributed by atoms with Gasteiger partial charge in [-0.2, -0.15) is 0 Å². The summed E-state index contributed by atoms with van der Waals surface area (Å²) in [6.45, 7) is 1.84. The molecule has 0 aliphatic rings. The first-order chi connectivity index (χ1) is 15.6. The van der Waals surface area contributed by atoms with Crippen LogP contribution in [0.2, 0.25) is 5.02 Å². The van der Waals surface area contributed by atoms with E-state index in [-0.39, 0.29) is 25.1 Å². The normalized spacial score (nSPS) is 12.1. The predicted molar refractivity (Wildman–Crippen MR) is 135 cm³/mol. The third kappa shape index (κ3) is 7.22. The summed E-state index contributed by atoms with van der Waals surface area (Å²) >= 11 is 9.63. The molecule has 0 spiro atoms. The van der Waals surface area contributed by atoms with Crippen LogP contribution in [-0.2, 0) is 21.4 Å². The third-order valence-corrected chi connectivity index (χ3v) is 6.90. The Morgan fingerprint density at radius 1 is 1.09 bits per heavy atom. The van der Waals surface area contributed by atoms with E-state index in [0.717, 1.165) is 16.3 Å². The molecule has 0 bridgehead atoms. The molecule has 3 aromatic rings. The van der Waals surface area contributed by atoms with Gasteiger partial charge in [0.2, 0.25) is 10.0 Å². The molecular formula is C24H24BrClN2O4S. The van der Waals surface area contributed by atoms with Crippen molar-refractivity contribution < 1.29 is 17.9 Å². The fourth-order valence-corrected chi connectivity index (χ4v) is 4.67. The van der Waals surface area contributed by atoms with Gasteiger partial charge in [-0.25, -0.2) is 8.42 Å². The Balaban J connectivity index is 1.62. The minimum atomic E-state index is -3.55. The molecule has 0 radical (unpaired) electrons. The average molecular weight is 552 g/mol. The summed E-state index contributed by atoms with van der Waals surface area (Å²) < 4.78 is 32.6. The number of carbonyl (C=O) groups excluding carboxylic acids is 1. The fraction of sp³-hybridized carbons (Fsp3) is 0.208. The smallest absolute Gasteiger partial charge is 0.258 e. The molecule has 1 N–H and O–H groups in total. The Kier molecular flexibility index (Phi) is 8.40. The molecule has 0 aliphatic heterocycles. The highest BCUT2D eigenvalue weighted by Crippen LogP contribution is 2.26. The number of nitrogens with zero attached hydrogens (tertiary/aromatic N) is 1. The van der Waals surface area contributed by atoms with Crippen molar-refractivity contribution in [3.05, 3.63) is 93.4 Å². The topological polar surface area (TPSA) is 75.7 Å². The zero-order chi connectivity index (χ0) is 24.0. The third-order valence-electron chi connectivity index (χ3n) is 4.89. The molecule has 9 heteroatoms. The second-order valence-corrected chi connectivity index (χ2v) is 10.7. The van der Waals surface area contributed by atoms with Crippen LogP contribution < -0.4 is 14.4 Å². The summed E-state index contributed by atoms with van der Waals surface area (Å²) in [5.74, 6) is 0.193. The molecule has 1 amide bonds. The lowest BCUT2D eigenvalue weighted by Crippen LogP contribution is -2.31. The molecule has 0 aromatic heterocycles. The van der Waals surface area contributed by atoms with E-state index in [0.29, 0.717) is 22.0 Å². The summed E-state index contributed by atoms with van der Waals surface area (Å²) in [5.41, 5.74) is 2.14. The van der Waals surface area contributed by atoms with Crippen LogP contribution in [0, 0.1) is 0 Å². The van der Waals surface area contributed by atoms with Gasteiger partial charge in [0.05, 0.1) is 24.5 Å². The number of benzene rings is 3. The predicted octanol–water partition coefficient (Wildman–Crippen LogP) is 5.32. The van der Waals surface area contributed by atoms with Crippen molar-refractivity contribution in [3.8, 4) is 5.75 Å². The van der Waals surface area contributed by atoms with Crippen molar-refractivity contribution in [2.75, 3.05) is 17.2 Å². The molecule has 174 valence electrons. The molecule has 0 saturated heterocycles. The van der Waals surface area contributed by atoms with Gasteiger partial charge in [0, 0.05) is 9.50 Å². The first-order valence-electron chi connectivity index (χ1n) is 10.1. The highest BCUT2D eigenvalue weighted by atomic mass is 79.9. The Morgan fingerprint density at radius 2 is 1.79 bits per heavy atom. The summed E-state index contributed by atoms with van der Waals surface area (Å²) in [5, 5.41) is 3.39. The Labute approximate surface area is 207 Å². The number of ether oxygens (including phenoxy) is 1. The maximum atomic E-state index is 12.4. The molecule has 3 rings (SSSR count). The second-order valence-electron chi connectivity index (χ2n) is 7.49. The van der Waals surface area contributed by atoms with Crippen LogP contribution >= 0.6 is 27.5 Å². The van der Waals surface area contributed by atoms with Crippen molar-refractivity contribution >= 4 is 49.1 Å². The van der Waals surface area contributed by atoms with Crippen LogP contribution in [0.5, 0.6) is 5.75 Å². The summed E-state index contributed by atoms with van der Waals surface area (Å²) in [4.78, 5) is 12.3. The van der Waals surface area contributed by atoms with E-state index >= 15 is 0 Å². The highest BCUT2D eigenvalue weighted by molar-refractivity contribution is 9.10. The standard InChI is InChI=1S/C24H24BrClN2O4S/c1-17(18-7-5-8-20(25)14-18)27-24(29)16-32-22-12-10-21(11-13-22)28(33(2,30)31)15-19-6-3-4-9-23(19)26/h3-14,17H,15-16H2,1-2H3,(H,27,29)/t17-/m0/s1. The Bertz CT molecular complexity index is 1220. The highest BCUT2D eigenvalue weighted by Gasteiger charge is 2.19. The van der Waals surface area contributed by atoms with Crippen LogP contribution in [-0.4, -0.2) is 27.2 Å². The van der Waals surface area contributed by atoms with Crippen LogP contribution in [0.15, 0.2) is 77.3 Å². The number of nitrogens with one attached hydrogen (secondary N) is 1.